The summed E-state index contributed by atoms with van der Waals surface area (Å²) < 4.78 is 0.891. The molecular formula is C6H7ClS. The van der Waals surface area contributed by atoms with Gasteiger partial charge in [-0.15, -0.1) is 11.3 Å². The fourth-order valence-electron chi connectivity index (χ4n) is 0.542. The summed E-state index contributed by atoms with van der Waals surface area (Å²) in [5.41, 5.74) is 0. The summed E-state index contributed by atoms with van der Waals surface area (Å²) >= 11 is 7.31. The first kappa shape index (κ1) is 6.12. The molecule has 0 fully saturated rings. The maximum atomic E-state index is 5.66. The molecule has 0 aliphatic heterocycles. The molecule has 0 radical (unpaired) electrons. The van der Waals surface area contributed by atoms with E-state index in [1.54, 1.807) is 11.3 Å². The Labute approximate surface area is 58.1 Å². The fraction of sp³-hybridized carbons (Fsp3) is 0.333. The lowest BCUT2D eigenvalue weighted by atomic mass is 10.4. The summed E-state index contributed by atoms with van der Waals surface area (Å²) in [7, 11) is 0. The molecule has 1 heterocycles. The van der Waals surface area contributed by atoms with Gasteiger partial charge in [0.2, 0.25) is 0 Å². The summed E-state index contributed by atoms with van der Waals surface area (Å²) in [6, 6.07) is 4.00. The average Bonchev–Trinajstić information content (AvgIpc) is 2.14. The second kappa shape index (κ2) is 2.51. The topological polar surface area (TPSA) is 0 Å². The average molecular weight is 147 g/mol. The molecule has 0 amide bonds. The molecule has 44 valence electrons. The van der Waals surface area contributed by atoms with Crippen LogP contribution >= 0.6 is 22.9 Å². The van der Waals surface area contributed by atoms with Crippen molar-refractivity contribution < 1.29 is 0 Å². The lowest BCUT2D eigenvalue weighted by Crippen LogP contribution is -1.63. The molecule has 0 unspecified atom stereocenters. The van der Waals surface area contributed by atoms with Crippen LogP contribution in [-0.4, -0.2) is 0 Å². The van der Waals surface area contributed by atoms with Crippen LogP contribution in [0.1, 0.15) is 11.8 Å². The van der Waals surface area contributed by atoms with Crippen molar-refractivity contribution in [3.63, 3.8) is 0 Å². The van der Waals surface area contributed by atoms with Crippen LogP contribution in [0.2, 0.25) is 4.34 Å². The van der Waals surface area contributed by atoms with Crippen LogP contribution < -0.4 is 0 Å². The number of aryl methyl sites for hydroxylation is 1. The maximum absolute atomic E-state index is 5.66. The van der Waals surface area contributed by atoms with Crippen LogP contribution in [0, 0.1) is 0 Å². The van der Waals surface area contributed by atoms with E-state index in [1.807, 2.05) is 6.07 Å². The highest BCUT2D eigenvalue weighted by Crippen LogP contribution is 2.21. The molecule has 0 atom stereocenters. The van der Waals surface area contributed by atoms with Gasteiger partial charge in [-0.3, -0.25) is 0 Å². The van der Waals surface area contributed by atoms with Gasteiger partial charge in [-0.05, 0) is 18.6 Å². The Kier molecular flexibility index (Phi) is 1.92. The molecule has 1 rings (SSSR count). The van der Waals surface area contributed by atoms with E-state index in [0.29, 0.717) is 0 Å². The number of rotatable bonds is 1. The van der Waals surface area contributed by atoms with Crippen LogP contribution in [0.5, 0.6) is 0 Å². The lowest BCUT2D eigenvalue weighted by Gasteiger charge is -1.79. The molecule has 0 saturated carbocycles. The van der Waals surface area contributed by atoms with E-state index in [9.17, 15) is 0 Å². The zero-order valence-electron chi connectivity index (χ0n) is 4.65. The molecule has 2 heteroatoms. The van der Waals surface area contributed by atoms with E-state index >= 15 is 0 Å². The Bertz CT molecular complexity index is 169. The van der Waals surface area contributed by atoms with Crippen LogP contribution in [0.15, 0.2) is 12.1 Å². The highest BCUT2D eigenvalue weighted by atomic mass is 35.5. The van der Waals surface area contributed by atoms with Crippen LogP contribution in [-0.2, 0) is 6.42 Å². The first-order valence-electron chi connectivity index (χ1n) is 2.57. The molecule has 0 saturated heterocycles. The number of thiophene rings is 1. The number of halogens is 1. The quantitative estimate of drug-likeness (QED) is 0.572. The zero-order chi connectivity index (χ0) is 5.98. The normalized spacial score (nSPS) is 9.75. The predicted molar refractivity (Wildman–Crippen MR) is 38.7 cm³/mol. The van der Waals surface area contributed by atoms with Crippen molar-refractivity contribution in [3.8, 4) is 0 Å². The van der Waals surface area contributed by atoms with E-state index in [4.69, 9.17) is 11.6 Å². The van der Waals surface area contributed by atoms with Gasteiger partial charge in [0, 0.05) is 4.88 Å². The summed E-state index contributed by atoms with van der Waals surface area (Å²) in [5.74, 6) is 0. The van der Waals surface area contributed by atoms with Crippen LogP contribution in [0.3, 0.4) is 0 Å². The van der Waals surface area contributed by atoms with E-state index in [0.717, 1.165) is 10.8 Å². The molecular weight excluding hydrogens is 140 g/mol. The molecule has 0 spiro atoms. The van der Waals surface area contributed by atoms with Crippen molar-refractivity contribution in [3.05, 3.63) is 21.3 Å². The van der Waals surface area contributed by atoms with Gasteiger partial charge in [0.15, 0.2) is 0 Å². The molecule has 0 N–H and O–H groups in total. The second-order valence-corrected chi connectivity index (χ2v) is 3.36. The minimum atomic E-state index is 0.891. The molecule has 1 aromatic rings. The van der Waals surface area contributed by atoms with Gasteiger partial charge < -0.3 is 0 Å². The summed E-state index contributed by atoms with van der Waals surface area (Å²) in [4.78, 5) is 1.36. The number of hydrogen-bond donors (Lipinski definition) is 0. The van der Waals surface area contributed by atoms with Gasteiger partial charge in [-0.2, -0.15) is 0 Å². The molecule has 0 aromatic carbocycles. The second-order valence-electron chi connectivity index (χ2n) is 1.56. The van der Waals surface area contributed by atoms with E-state index < -0.39 is 0 Å². The van der Waals surface area contributed by atoms with Gasteiger partial charge in [0.1, 0.15) is 0 Å². The largest absolute Gasteiger partial charge is 0.128 e. The Hall–Kier alpha value is -0.0100. The molecule has 0 nitrogen and oxygen atoms in total. The maximum Gasteiger partial charge on any atom is 0.0931 e. The van der Waals surface area contributed by atoms with Crippen molar-refractivity contribution >= 4 is 22.9 Å². The van der Waals surface area contributed by atoms with Crippen molar-refractivity contribution in [2.45, 2.75) is 13.3 Å². The van der Waals surface area contributed by atoms with Crippen LogP contribution in [0.4, 0.5) is 0 Å². The molecule has 8 heavy (non-hydrogen) atoms. The van der Waals surface area contributed by atoms with Crippen LogP contribution in [0.25, 0.3) is 0 Å². The Balaban J connectivity index is 2.84. The van der Waals surface area contributed by atoms with Crippen molar-refractivity contribution in [2.24, 2.45) is 0 Å². The lowest BCUT2D eigenvalue weighted by molar-refractivity contribution is 1.19. The van der Waals surface area contributed by atoms with Gasteiger partial charge in [-0.25, -0.2) is 0 Å². The highest BCUT2D eigenvalue weighted by Gasteiger charge is 1.91. The Morgan fingerprint density at radius 1 is 1.62 bits per heavy atom. The third kappa shape index (κ3) is 1.23. The first-order valence-corrected chi connectivity index (χ1v) is 3.76. The standard InChI is InChI=1S/C6H7ClS/c1-2-5-3-4-6(7)8-5/h3-4H,2H2,1H3. The van der Waals surface area contributed by atoms with Gasteiger partial charge >= 0.3 is 0 Å². The van der Waals surface area contributed by atoms with Crippen molar-refractivity contribution in [1.82, 2.24) is 0 Å². The minimum Gasteiger partial charge on any atom is -0.128 e. The summed E-state index contributed by atoms with van der Waals surface area (Å²) in [5, 5.41) is 0. The summed E-state index contributed by atoms with van der Waals surface area (Å²) in [6.07, 6.45) is 1.09. The van der Waals surface area contributed by atoms with Gasteiger partial charge in [0.25, 0.3) is 0 Å². The van der Waals surface area contributed by atoms with Crippen molar-refractivity contribution in [1.29, 1.82) is 0 Å². The molecule has 1 aromatic heterocycles. The summed E-state index contributed by atoms with van der Waals surface area (Å²) in [6.45, 7) is 2.13. The van der Waals surface area contributed by atoms with Crippen molar-refractivity contribution in [2.75, 3.05) is 0 Å². The van der Waals surface area contributed by atoms with Gasteiger partial charge in [-0.1, -0.05) is 18.5 Å². The third-order valence-electron chi connectivity index (χ3n) is 0.977. The van der Waals surface area contributed by atoms with E-state index in [-0.39, 0.29) is 0 Å². The fourth-order valence-corrected chi connectivity index (χ4v) is 1.57. The minimum absolute atomic E-state index is 0.891. The Morgan fingerprint density at radius 2 is 2.38 bits per heavy atom. The molecule has 0 aliphatic carbocycles. The zero-order valence-corrected chi connectivity index (χ0v) is 6.22. The SMILES string of the molecule is CCc1ccc(Cl)s1. The molecule has 0 aliphatic rings. The molecule has 0 bridgehead atoms. The smallest absolute Gasteiger partial charge is 0.0931 e. The van der Waals surface area contributed by atoms with E-state index in [2.05, 4.69) is 13.0 Å². The first-order chi connectivity index (χ1) is 3.83. The van der Waals surface area contributed by atoms with Gasteiger partial charge in [0.05, 0.1) is 4.34 Å². The monoisotopic (exact) mass is 146 g/mol. The number of hydrogen-bond acceptors (Lipinski definition) is 1. The highest BCUT2D eigenvalue weighted by molar-refractivity contribution is 7.16. The Morgan fingerprint density at radius 3 is 2.62 bits per heavy atom. The van der Waals surface area contributed by atoms with E-state index in [1.165, 1.54) is 4.88 Å². The third-order valence-corrected chi connectivity index (χ3v) is 2.35. The predicted octanol–water partition coefficient (Wildman–Crippen LogP) is 2.96.